The molecular weight excluding hydrogens is 339 g/mol. The first-order chi connectivity index (χ1) is 10.7. The molecule has 22 heavy (non-hydrogen) atoms. The van der Waals surface area contributed by atoms with E-state index in [9.17, 15) is 0 Å². The summed E-state index contributed by atoms with van der Waals surface area (Å²) in [4.78, 5) is 8.13. The second kappa shape index (κ2) is 6.52. The molecule has 0 saturated heterocycles. The summed E-state index contributed by atoms with van der Waals surface area (Å²) in [5.41, 5.74) is 2.76. The molecule has 0 saturated carbocycles. The minimum absolute atomic E-state index is 0.514. The van der Waals surface area contributed by atoms with Gasteiger partial charge in [0, 0.05) is 24.2 Å². The van der Waals surface area contributed by atoms with Crippen LogP contribution in [0.5, 0.6) is 0 Å². The number of thiazole rings is 1. The average molecular weight is 351 g/mol. The first-order valence-corrected chi connectivity index (χ1v) is 8.09. The van der Waals surface area contributed by atoms with Crippen LogP contribution in [0.1, 0.15) is 5.69 Å². The molecule has 3 rings (SSSR count). The van der Waals surface area contributed by atoms with Crippen molar-refractivity contribution < 1.29 is 0 Å². The van der Waals surface area contributed by atoms with Crippen LogP contribution >= 0.6 is 34.5 Å². The Morgan fingerprint density at radius 1 is 1.23 bits per heavy atom. The van der Waals surface area contributed by atoms with E-state index in [2.05, 4.69) is 15.1 Å². The normalized spacial score (nSPS) is 12.4. The second-order valence-corrected chi connectivity index (χ2v) is 6.09. The molecule has 0 bridgehead atoms. The average Bonchev–Trinajstić information content (AvgIpc) is 3.16. The van der Waals surface area contributed by atoms with Gasteiger partial charge in [-0.05, 0) is 24.3 Å². The highest BCUT2D eigenvalue weighted by Gasteiger charge is 2.09. The number of aromatic nitrogens is 2. The Labute approximate surface area is 141 Å². The van der Waals surface area contributed by atoms with Gasteiger partial charge in [-0.25, -0.2) is 4.68 Å². The molecule has 1 N–H and O–H groups in total. The molecule has 0 aliphatic heterocycles. The van der Waals surface area contributed by atoms with Crippen LogP contribution in [-0.4, -0.2) is 22.9 Å². The molecule has 0 unspecified atom stereocenters. The summed E-state index contributed by atoms with van der Waals surface area (Å²) < 4.78 is 1.78. The smallest absolute Gasteiger partial charge is 0.205 e. The summed E-state index contributed by atoms with van der Waals surface area (Å²) >= 11 is 13.6. The lowest BCUT2D eigenvalue weighted by molar-refractivity contribution is 0.848. The molecule has 0 amide bonds. The molecule has 1 aromatic carbocycles. The van der Waals surface area contributed by atoms with Crippen LogP contribution in [0.25, 0.3) is 11.3 Å². The first kappa shape index (κ1) is 15.1. The molecule has 3 aromatic rings. The number of H-pyrrole nitrogens is 1. The summed E-state index contributed by atoms with van der Waals surface area (Å²) in [6.07, 6.45) is 3.60. The lowest BCUT2D eigenvalue weighted by Crippen LogP contribution is -2.11. The van der Waals surface area contributed by atoms with Gasteiger partial charge in [-0.3, -0.25) is 4.99 Å². The number of rotatable bonds is 3. The highest BCUT2D eigenvalue weighted by Crippen LogP contribution is 2.28. The summed E-state index contributed by atoms with van der Waals surface area (Å²) in [6.45, 7) is 0. The van der Waals surface area contributed by atoms with Crippen LogP contribution in [0.3, 0.4) is 0 Å². The van der Waals surface area contributed by atoms with Gasteiger partial charge in [0.15, 0.2) is 0 Å². The number of nitrogens with zero attached hydrogens (tertiary/aromatic N) is 3. The van der Waals surface area contributed by atoms with Crippen molar-refractivity contribution in [2.45, 2.75) is 0 Å². The maximum absolute atomic E-state index is 6.11. The monoisotopic (exact) mass is 350 g/mol. The number of hydrogen-bond donors (Lipinski definition) is 1. The lowest BCUT2D eigenvalue weighted by atomic mass is 10.2. The zero-order chi connectivity index (χ0) is 15.5. The Bertz CT molecular complexity index is 875. The Balaban J connectivity index is 2.09. The van der Waals surface area contributed by atoms with Crippen LogP contribution < -0.4 is 4.80 Å². The fourth-order valence-electron chi connectivity index (χ4n) is 1.96. The summed E-state index contributed by atoms with van der Waals surface area (Å²) in [5.74, 6) is 0. The molecule has 4 nitrogen and oxygen atoms in total. The largest absolute Gasteiger partial charge is 0.360 e. The highest BCUT2D eigenvalue weighted by molar-refractivity contribution is 7.07. The van der Waals surface area contributed by atoms with Crippen molar-refractivity contribution in [3.8, 4) is 11.3 Å². The van der Waals surface area contributed by atoms with E-state index in [4.69, 9.17) is 23.2 Å². The van der Waals surface area contributed by atoms with Crippen LogP contribution in [0.15, 0.2) is 52.0 Å². The number of aromatic amines is 1. The Hall–Kier alpha value is -1.82. The minimum atomic E-state index is 0.514. The Morgan fingerprint density at radius 3 is 2.77 bits per heavy atom. The predicted molar refractivity (Wildman–Crippen MR) is 93.0 cm³/mol. The van der Waals surface area contributed by atoms with Crippen LogP contribution in [0.2, 0.25) is 10.0 Å². The maximum atomic E-state index is 6.11. The minimum Gasteiger partial charge on any atom is -0.360 e. The zero-order valence-corrected chi connectivity index (χ0v) is 14.0. The molecule has 0 atom stereocenters. The summed E-state index contributed by atoms with van der Waals surface area (Å²) in [6, 6.07) is 9.38. The van der Waals surface area contributed by atoms with Gasteiger partial charge in [-0.2, -0.15) is 5.10 Å². The molecule has 112 valence electrons. The number of halogens is 2. The van der Waals surface area contributed by atoms with Gasteiger partial charge in [0.25, 0.3) is 0 Å². The zero-order valence-electron chi connectivity index (χ0n) is 11.6. The van der Waals surface area contributed by atoms with E-state index in [1.54, 1.807) is 24.0 Å². The molecule has 2 heterocycles. The van der Waals surface area contributed by atoms with E-state index in [-0.39, 0.29) is 0 Å². The third-order valence-electron chi connectivity index (χ3n) is 3.03. The number of hydrogen-bond acceptors (Lipinski definition) is 3. The fraction of sp³-hybridized carbons (Fsp3) is 0.0667. The van der Waals surface area contributed by atoms with Crippen LogP contribution in [0, 0.1) is 0 Å². The van der Waals surface area contributed by atoms with Gasteiger partial charge >= 0.3 is 0 Å². The Kier molecular flexibility index (Phi) is 4.47. The number of nitrogens with one attached hydrogen (secondary N) is 1. The van der Waals surface area contributed by atoms with Crippen molar-refractivity contribution in [3.63, 3.8) is 0 Å². The van der Waals surface area contributed by atoms with Crippen LogP contribution in [-0.2, 0) is 0 Å². The molecule has 0 aliphatic carbocycles. The van der Waals surface area contributed by atoms with Gasteiger partial charge in [0.05, 0.1) is 27.6 Å². The Morgan fingerprint density at radius 2 is 2.09 bits per heavy atom. The predicted octanol–water partition coefficient (Wildman–Crippen LogP) is 4.26. The van der Waals surface area contributed by atoms with Gasteiger partial charge < -0.3 is 4.98 Å². The van der Waals surface area contributed by atoms with Gasteiger partial charge in [0.1, 0.15) is 0 Å². The molecule has 2 aromatic heterocycles. The SMILES string of the molecule is CN=c1scc(-c2ccc(Cl)c(Cl)c2)n1N=Cc1ccc[nH]1. The van der Waals surface area contributed by atoms with E-state index >= 15 is 0 Å². The first-order valence-electron chi connectivity index (χ1n) is 6.45. The van der Waals surface area contributed by atoms with Crippen molar-refractivity contribution in [2.24, 2.45) is 10.1 Å². The molecule has 0 radical (unpaired) electrons. The van der Waals surface area contributed by atoms with E-state index in [1.165, 1.54) is 11.3 Å². The standard InChI is InChI=1S/C15H12Cl2N4S/c1-18-15-21(20-8-11-3-2-6-19-11)14(9-22-15)10-4-5-12(16)13(17)7-10/h2-9,19H,1H3. The highest BCUT2D eigenvalue weighted by atomic mass is 35.5. The molecule has 0 aliphatic rings. The van der Waals surface area contributed by atoms with Crippen molar-refractivity contribution in [1.29, 1.82) is 0 Å². The van der Waals surface area contributed by atoms with Gasteiger partial charge in [0.2, 0.25) is 4.80 Å². The third-order valence-corrected chi connectivity index (χ3v) is 4.67. The van der Waals surface area contributed by atoms with E-state index in [1.807, 2.05) is 35.8 Å². The molecule has 0 spiro atoms. The third kappa shape index (κ3) is 3.02. The summed E-state index contributed by atoms with van der Waals surface area (Å²) in [5, 5.41) is 7.55. The molecule has 7 heteroatoms. The second-order valence-electron chi connectivity index (χ2n) is 4.44. The van der Waals surface area contributed by atoms with E-state index in [0.29, 0.717) is 10.0 Å². The van der Waals surface area contributed by atoms with E-state index < -0.39 is 0 Å². The lowest BCUT2D eigenvalue weighted by Gasteiger charge is -2.04. The van der Waals surface area contributed by atoms with Crippen molar-refractivity contribution in [3.05, 3.63) is 62.4 Å². The summed E-state index contributed by atoms with van der Waals surface area (Å²) in [7, 11) is 1.74. The molecular formula is C15H12Cl2N4S. The fourth-order valence-corrected chi connectivity index (χ4v) is 3.06. The van der Waals surface area contributed by atoms with Crippen molar-refractivity contribution >= 4 is 40.8 Å². The number of benzene rings is 1. The molecule has 0 fully saturated rings. The van der Waals surface area contributed by atoms with E-state index in [0.717, 1.165) is 21.8 Å². The van der Waals surface area contributed by atoms with Gasteiger partial charge in [-0.15, -0.1) is 11.3 Å². The van der Waals surface area contributed by atoms with Crippen molar-refractivity contribution in [2.75, 3.05) is 7.05 Å². The van der Waals surface area contributed by atoms with Gasteiger partial charge in [-0.1, -0.05) is 29.3 Å². The quantitative estimate of drug-likeness (QED) is 0.686. The topological polar surface area (TPSA) is 45.4 Å². The maximum Gasteiger partial charge on any atom is 0.205 e. The van der Waals surface area contributed by atoms with Crippen molar-refractivity contribution in [1.82, 2.24) is 9.66 Å². The van der Waals surface area contributed by atoms with Crippen LogP contribution in [0.4, 0.5) is 0 Å².